The van der Waals surface area contributed by atoms with Gasteiger partial charge >= 0.3 is 5.97 Å². The molecule has 1 amide bonds. The van der Waals surface area contributed by atoms with Crippen LogP contribution in [0.15, 0.2) is 66.7 Å². The molecule has 2 aliphatic heterocycles. The molecule has 1 unspecified atom stereocenters. The third kappa shape index (κ3) is 8.41. The zero-order valence-corrected chi connectivity index (χ0v) is 31.5. The average Bonchev–Trinajstić information content (AvgIpc) is 3.80. The molecule has 3 heterocycles. The van der Waals surface area contributed by atoms with Crippen molar-refractivity contribution in [2.24, 2.45) is 5.92 Å². The molecule has 0 saturated carbocycles. The van der Waals surface area contributed by atoms with Crippen LogP contribution < -0.4 is 14.2 Å². The number of carbonyl (C=O) groups excluding carboxylic acids is 3. The molecule has 0 bridgehead atoms. The number of rotatable bonds is 16. The largest absolute Gasteiger partial charge is 0.493 e. The number of piperidine rings is 1. The number of hydrogen-bond donors (Lipinski definition) is 0. The van der Waals surface area contributed by atoms with Gasteiger partial charge in [-0.05, 0) is 88.5 Å². The standard InChI is InChI=1S/C42H52N4O7/c1-5-12-37(47)53-36-28-31(27-35(50-3)39(36)51-4)41(49)45-24-20-42(29-45,32-13-8-7-9-14-32)19-23-44-21-17-30(18-22-44)38(48)40-43-33-15-10-11-16-34(33)46(40)25-26-52-6-2/h7-11,13-16,27-28,30H,5-6,12,17-26,29H2,1-4H3. The molecular formula is C42H52N4O7. The number of nitrogens with zero attached hydrogens (tertiary/aromatic N) is 4. The van der Waals surface area contributed by atoms with E-state index >= 15 is 0 Å². The first-order valence-electron chi connectivity index (χ1n) is 18.9. The molecule has 2 saturated heterocycles. The highest BCUT2D eigenvalue weighted by Gasteiger charge is 2.42. The second-order valence-corrected chi connectivity index (χ2v) is 14.1. The lowest BCUT2D eigenvalue weighted by Crippen LogP contribution is -2.41. The Hall–Kier alpha value is -4.74. The maximum atomic E-state index is 14.1. The van der Waals surface area contributed by atoms with E-state index in [2.05, 4.69) is 29.2 Å². The van der Waals surface area contributed by atoms with Crippen LogP contribution in [0.4, 0.5) is 0 Å². The Kier molecular flexibility index (Phi) is 12.5. The van der Waals surface area contributed by atoms with Gasteiger partial charge in [-0.3, -0.25) is 14.4 Å². The number of benzene rings is 3. The van der Waals surface area contributed by atoms with Gasteiger partial charge in [0, 0.05) is 49.6 Å². The first-order valence-corrected chi connectivity index (χ1v) is 18.9. The summed E-state index contributed by atoms with van der Waals surface area (Å²) in [5.41, 5.74) is 3.16. The number of methoxy groups -OCH3 is 2. The van der Waals surface area contributed by atoms with E-state index in [9.17, 15) is 14.4 Å². The van der Waals surface area contributed by atoms with Crippen molar-refractivity contribution in [3.8, 4) is 17.2 Å². The second kappa shape index (κ2) is 17.4. The number of carbonyl (C=O) groups is 3. The van der Waals surface area contributed by atoms with Crippen molar-refractivity contribution in [1.82, 2.24) is 19.4 Å². The highest BCUT2D eigenvalue weighted by atomic mass is 16.6. The molecule has 3 aromatic carbocycles. The van der Waals surface area contributed by atoms with Gasteiger partial charge in [0.2, 0.25) is 11.5 Å². The fourth-order valence-electron chi connectivity index (χ4n) is 7.87. The Labute approximate surface area is 312 Å². The first kappa shape index (κ1) is 38.0. The van der Waals surface area contributed by atoms with E-state index in [1.165, 1.54) is 19.8 Å². The Morgan fingerprint density at radius 1 is 0.887 bits per heavy atom. The van der Waals surface area contributed by atoms with E-state index in [-0.39, 0.29) is 40.9 Å². The summed E-state index contributed by atoms with van der Waals surface area (Å²) < 4.78 is 24.3. The molecule has 282 valence electrons. The summed E-state index contributed by atoms with van der Waals surface area (Å²) in [7, 11) is 2.98. The van der Waals surface area contributed by atoms with Crippen LogP contribution in [0.2, 0.25) is 0 Å². The van der Waals surface area contributed by atoms with Crippen molar-refractivity contribution in [1.29, 1.82) is 0 Å². The lowest BCUT2D eigenvalue weighted by molar-refractivity contribution is -0.134. The highest BCUT2D eigenvalue weighted by molar-refractivity contribution is 5.98. The zero-order valence-electron chi connectivity index (χ0n) is 31.5. The molecule has 6 rings (SSSR count). The number of fused-ring (bicyclic) bond motifs is 1. The van der Waals surface area contributed by atoms with Crippen molar-refractivity contribution < 1.29 is 33.3 Å². The van der Waals surface area contributed by atoms with Crippen LogP contribution in [-0.4, -0.2) is 97.2 Å². The van der Waals surface area contributed by atoms with E-state index in [4.69, 9.17) is 23.9 Å². The molecule has 1 aromatic heterocycles. The van der Waals surface area contributed by atoms with Gasteiger partial charge in [0.05, 0.1) is 31.9 Å². The van der Waals surface area contributed by atoms with Crippen molar-refractivity contribution in [3.05, 3.63) is 83.7 Å². The summed E-state index contributed by atoms with van der Waals surface area (Å²) >= 11 is 0. The van der Waals surface area contributed by atoms with E-state index in [0.29, 0.717) is 56.4 Å². The van der Waals surface area contributed by atoms with Crippen LogP contribution in [0, 0.1) is 5.92 Å². The third-order valence-electron chi connectivity index (χ3n) is 10.8. The topological polar surface area (TPSA) is 112 Å². The number of amides is 1. The third-order valence-corrected chi connectivity index (χ3v) is 10.8. The number of imidazole rings is 1. The molecule has 2 fully saturated rings. The maximum Gasteiger partial charge on any atom is 0.311 e. The first-order chi connectivity index (χ1) is 25.8. The predicted octanol–water partition coefficient (Wildman–Crippen LogP) is 6.56. The number of likely N-dealkylation sites (tertiary alicyclic amines) is 2. The molecule has 0 radical (unpaired) electrons. The number of ether oxygens (including phenoxy) is 4. The smallest absolute Gasteiger partial charge is 0.311 e. The average molecular weight is 725 g/mol. The van der Waals surface area contributed by atoms with Crippen molar-refractivity contribution in [2.75, 3.05) is 60.2 Å². The van der Waals surface area contributed by atoms with E-state index in [0.717, 1.165) is 56.4 Å². The zero-order chi connectivity index (χ0) is 37.4. The Morgan fingerprint density at radius 2 is 1.62 bits per heavy atom. The van der Waals surface area contributed by atoms with Gasteiger partial charge < -0.3 is 33.3 Å². The van der Waals surface area contributed by atoms with Crippen LogP contribution in [0.1, 0.15) is 78.9 Å². The Bertz CT molecular complexity index is 1890. The fraction of sp³-hybridized carbons (Fsp3) is 0.476. The molecule has 11 nitrogen and oxygen atoms in total. The van der Waals surface area contributed by atoms with Crippen molar-refractivity contribution in [3.63, 3.8) is 0 Å². The van der Waals surface area contributed by atoms with Crippen molar-refractivity contribution in [2.45, 2.75) is 64.3 Å². The summed E-state index contributed by atoms with van der Waals surface area (Å²) in [5.74, 6) is 0.798. The summed E-state index contributed by atoms with van der Waals surface area (Å²) in [6, 6.07) is 21.6. The molecule has 0 aliphatic carbocycles. The SMILES string of the molecule is CCCC(=O)Oc1cc(C(=O)N2CCC(CCN3CCC(C(=O)c4nc5ccccc5n4CCOCC)CC3)(c3ccccc3)C2)cc(OC)c1OC. The van der Waals surface area contributed by atoms with Gasteiger partial charge in [0.25, 0.3) is 5.91 Å². The minimum Gasteiger partial charge on any atom is -0.493 e. The fourth-order valence-corrected chi connectivity index (χ4v) is 7.87. The number of para-hydroxylation sites is 2. The Morgan fingerprint density at radius 3 is 2.34 bits per heavy atom. The Balaban J connectivity index is 1.13. The molecule has 0 spiro atoms. The maximum absolute atomic E-state index is 14.1. The summed E-state index contributed by atoms with van der Waals surface area (Å²) in [6.07, 6.45) is 4.14. The lowest BCUT2D eigenvalue weighted by Gasteiger charge is -2.36. The van der Waals surface area contributed by atoms with Crippen LogP contribution in [0.5, 0.6) is 17.2 Å². The van der Waals surface area contributed by atoms with E-state index in [1.54, 1.807) is 12.1 Å². The molecular weight excluding hydrogens is 672 g/mol. The molecule has 53 heavy (non-hydrogen) atoms. The number of aromatic nitrogens is 2. The molecule has 2 aliphatic rings. The van der Waals surface area contributed by atoms with Gasteiger partial charge in [-0.25, -0.2) is 4.98 Å². The van der Waals surface area contributed by atoms with Gasteiger partial charge in [-0.2, -0.15) is 0 Å². The highest BCUT2D eigenvalue weighted by Crippen LogP contribution is 2.42. The molecule has 0 N–H and O–H groups in total. The number of hydrogen-bond acceptors (Lipinski definition) is 9. The van der Waals surface area contributed by atoms with Gasteiger partial charge in [-0.1, -0.05) is 49.4 Å². The molecule has 11 heteroatoms. The monoisotopic (exact) mass is 724 g/mol. The summed E-state index contributed by atoms with van der Waals surface area (Å²) in [6.45, 7) is 9.29. The minimum atomic E-state index is -0.396. The molecule has 4 aromatic rings. The number of Topliss-reactive ketones (excluding diaryl/α,β-unsaturated/α-hetero) is 1. The van der Waals surface area contributed by atoms with Crippen LogP contribution >= 0.6 is 0 Å². The van der Waals surface area contributed by atoms with Gasteiger partial charge in [0.15, 0.2) is 17.3 Å². The second-order valence-electron chi connectivity index (χ2n) is 14.1. The van der Waals surface area contributed by atoms with Crippen LogP contribution in [0.3, 0.4) is 0 Å². The van der Waals surface area contributed by atoms with E-state index in [1.807, 2.05) is 53.6 Å². The van der Waals surface area contributed by atoms with Gasteiger partial charge in [-0.15, -0.1) is 0 Å². The number of esters is 1. The molecule has 1 atom stereocenters. The predicted molar refractivity (Wildman–Crippen MR) is 203 cm³/mol. The van der Waals surface area contributed by atoms with Crippen LogP contribution in [0.25, 0.3) is 11.0 Å². The van der Waals surface area contributed by atoms with Gasteiger partial charge in [0.1, 0.15) is 0 Å². The number of ketones is 1. The summed E-state index contributed by atoms with van der Waals surface area (Å²) in [4.78, 5) is 49.6. The van der Waals surface area contributed by atoms with E-state index < -0.39 is 5.97 Å². The quantitative estimate of drug-likeness (QED) is 0.0549. The minimum absolute atomic E-state index is 0.0794. The summed E-state index contributed by atoms with van der Waals surface area (Å²) in [5, 5.41) is 0. The van der Waals surface area contributed by atoms with Crippen LogP contribution in [-0.2, 0) is 21.5 Å². The van der Waals surface area contributed by atoms with Crippen molar-refractivity contribution >= 4 is 28.7 Å². The lowest BCUT2D eigenvalue weighted by atomic mass is 9.76. The normalized spacial score (nSPS) is 18.0.